The van der Waals surface area contributed by atoms with Crippen molar-refractivity contribution in [3.05, 3.63) is 71.0 Å². The van der Waals surface area contributed by atoms with Crippen LogP contribution < -0.4 is 0 Å². The van der Waals surface area contributed by atoms with Crippen LogP contribution in [0.3, 0.4) is 0 Å². The molecule has 5 heteroatoms. The second-order valence-electron chi connectivity index (χ2n) is 6.07. The summed E-state index contributed by atoms with van der Waals surface area (Å²) in [7, 11) is 0. The first-order valence-electron chi connectivity index (χ1n) is 7.83. The molecule has 0 fully saturated rings. The quantitative estimate of drug-likeness (QED) is 0.943. The minimum Gasteiger partial charge on any atom is -0.480 e. The first-order chi connectivity index (χ1) is 11.5. The Balaban J connectivity index is 1.91. The molecule has 0 radical (unpaired) electrons. The molecule has 0 aliphatic carbocycles. The summed E-state index contributed by atoms with van der Waals surface area (Å²) in [6.07, 6.45) is 0.285. The number of benzene rings is 2. The Bertz CT molecular complexity index is 790. The Morgan fingerprint density at radius 1 is 1.17 bits per heavy atom. The van der Waals surface area contributed by atoms with Crippen molar-refractivity contribution in [1.82, 2.24) is 4.90 Å². The van der Waals surface area contributed by atoms with Gasteiger partial charge in [0.2, 0.25) is 5.91 Å². The highest BCUT2D eigenvalue weighted by Crippen LogP contribution is 2.28. The number of halogens is 1. The molecule has 0 aromatic heterocycles. The van der Waals surface area contributed by atoms with Crippen LogP contribution in [0.25, 0.3) is 0 Å². The fourth-order valence-corrected chi connectivity index (χ4v) is 3.14. The molecular formula is C19H18FNO3. The van der Waals surface area contributed by atoms with Gasteiger partial charge in [-0.3, -0.25) is 4.79 Å². The summed E-state index contributed by atoms with van der Waals surface area (Å²) in [6, 6.07) is 12.5. The van der Waals surface area contributed by atoms with Gasteiger partial charge in [-0.1, -0.05) is 36.4 Å². The molecule has 3 rings (SSSR count). The summed E-state index contributed by atoms with van der Waals surface area (Å²) in [5.74, 6) is -2.34. The highest BCUT2D eigenvalue weighted by molar-refractivity contribution is 5.88. The van der Waals surface area contributed by atoms with E-state index in [9.17, 15) is 19.1 Å². The van der Waals surface area contributed by atoms with Crippen molar-refractivity contribution >= 4 is 11.9 Å². The lowest BCUT2D eigenvalue weighted by molar-refractivity contribution is -0.151. The summed E-state index contributed by atoms with van der Waals surface area (Å²) in [4.78, 5) is 25.9. The molecular weight excluding hydrogens is 309 g/mol. The fraction of sp³-hybridized carbons (Fsp3) is 0.263. The highest BCUT2D eigenvalue weighted by Gasteiger charge is 2.36. The van der Waals surface area contributed by atoms with Crippen molar-refractivity contribution in [1.29, 1.82) is 0 Å². The predicted octanol–water partition coefficient (Wildman–Crippen LogP) is 2.97. The SMILES string of the molecule is CC(C(=O)N1Cc2ccccc2CC1C(=O)O)c1cccc(F)c1. The lowest BCUT2D eigenvalue weighted by atomic mass is 9.91. The predicted molar refractivity (Wildman–Crippen MR) is 86.9 cm³/mol. The third-order valence-electron chi connectivity index (χ3n) is 4.54. The average Bonchev–Trinajstić information content (AvgIpc) is 2.59. The van der Waals surface area contributed by atoms with Crippen molar-refractivity contribution < 1.29 is 19.1 Å². The molecule has 2 aromatic carbocycles. The number of fused-ring (bicyclic) bond motifs is 1. The summed E-state index contributed by atoms with van der Waals surface area (Å²) in [5.41, 5.74) is 2.45. The first-order valence-corrected chi connectivity index (χ1v) is 7.83. The standard InChI is InChI=1S/C19H18FNO3/c1-12(13-7-4-8-16(20)9-13)18(22)21-11-15-6-3-2-5-14(15)10-17(21)19(23)24/h2-9,12,17H,10-11H2,1H3,(H,23,24). The lowest BCUT2D eigenvalue weighted by Gasteiger charge is -2.36. The first kappa shape index (κ1) is 16.2. The van der Waals surface area contributed by atoms with Gasteiger partial charge in [0.05, 0.1) is 5.92 Å². The fourth-order valence-electron chi connectivity index (χ4n) is 3.14. The van der Waals surface area contributed by atoms with Gasteiger partial charge in [0.1, 0.15) is 11.9 Å². The Morgan fingerprint density at radius 2 is 1.88 bits per heavy atom. The summed E-state index contributed by atoms with van der Waals surface area (Å²) in [5, 5.41) is 9.53. The number of carbonyl (C=O) groups excluding carboxylic acids is 1. The summed E-state index contributed by atoms with van der Waals surface area (Å²) >= 11 is 0. The van der Waals surface area contributed by atoms with Crippen molar-refractivity contribution in [2.24, 2.45) is 0 Å². The van der Waals surface area contributed by atoms with Gasteiger partial charge in [0.15, 0.2) is 0 Å². The maximum Gasteiger partial charge on any atom is 0.326 e. The van der Waals surface area contributed by atoms with Gasteiger partial charge in [-0.2, -0.15) is 0 Å². The normalized spacial score (nSPS) is 17.9. The molecule has 4 nitrogen and oxygen atoms in total. The molecule has 124 valence electrons. The minimum atomic E-state index is -1.02. The molecule has 1 aliphatic heterocycles. The molecule has 1 amide bonds. The number of carbonyl (C=O) groups is 2. The maximum absolute atomic E-state index is 13.4. The van der Waals surface area contributed by atoms with Crippen molar-refractivity contribution in [2.45, 2.75) is 31.8 Å². The number of aliphatic carboxylic acids is 1. The lowest BCUT2D eigenvalue weighted by Crippen LogP contribution is -2.49. The molecule has 1 aliphatic rings. The van der Waals surface area contributed by atoms with Gasteiger partial charge in [0.25, 0.3) is 0 Å². The van der Waals surface area contributed by atoms with E-state index in [4.69, 9.17) is 0 Å². The van der Waals surface area contributed by atoms with Crippen molar-refractivity contribution in [3.63, 3.8) is 0 Å². The molecule has 0 bridgehead atoms. The summed E-state index contributed by atoms with van der Waals surface area (Å²) in [6.45, 7) is 1.93. The van der Waals surface area contributed by atoms with Crippen LogP contribution in [0.1, 0.15) is 29.5 Å². The topological polar surface area (TPSA) is 57.6 Å². The molecule has 0 saturated heterocycles. The van der Waals surface area contributed by atoms with Crippen LogP contribution in [0.4, 0.5) is 4.39 Å². The van der Waals surface area contributed by atoms with Crippen LogP contribution in [0, 0.1) is 5.82 Å². The molecule has 0 spiro atoms. The average molecular weight is 327 g/mol. The number of carboxylic acids is 1. The molecule has 2 aromatic rings. The van der Waals surface area contributed by atoms with Crippen LogP contribution in [-0.4, -0.2) is 27.9 Å². The molecule has 1 N–H and O–H groups in total. The zero-order valence-corrected chi connectivity index (χ0v) is 13.3. The number of rotatable bonds is 3. The van der Waals surface area contributed by atoms with E-state index in [1.54, 1.807) is 19.1 Å². The summed E-state index contributed by atoms with van der Waals surface area (Å²) < 4.78 is 13.4. The van der Waals surface area contributed by atoms with E-state index in [1.165, 1.54) is 17.0 Å². The van der Waals surface area contributed by atoms with Crippen LogP contribution in [-0.2, 0) is 22.6 Å². The molecule has 24 heavy (non-hydrogen) atoms. The minimum absolute atomic E-state index is 0.256. The Kier molecular flexibility index (Phi) is 4.34. The second kappa shape index (κ2) is 6.43. The van der Waals surface area contributed by atoms with E-state index >= 15 is 0 Å². The monoisotopic (exact) mass is 327 g/mol. The molecule has 1 heterocycles. The van der Waals surface area contributed by atoms with E-state index < -0.39 is 23.7 Å². The highest BCUT2D eigenvalue weighted by atomic mass is 19.1. The van der Waals surface area contributed by atoms with Crippen LogP contribution in [0.15, 0.2) is 48.5 Å². The maximum atomic E-state index is 13.4. The number of hydrogen-bond donors (Lipinski definition) is 1. The van der Waals surface area contributed by atoms with Gasteiger partial charge >= 0.3 is 5.97 Å². The number of hydrogen-bond acceptors (Lipinski definition) is 2. The van der Waals surface area contributed by atoms with E-state index in [-0.39, 0.29) is 18.9 Å². The van der Waals surface area contributed by atoms with Crippen LogP contribution >= 0.6 is 0 Å². The molecule has 0 saturated carbocycles. The molecule has 2 unspecified atom stereocenters. The molecule has 2 atom stereocenters. The smallest absolute Gasteiger partial charge is 0.326 e. The third kappa shape index (κ3) is 3.02. The Hall–Kier alpha value is -2.69. The largest absolute Gasteiger partial charge is 0.480 e. The van der Waals surface area contributed by atoms with Crippen molar-refractivity contribution in [3.8, 4) is 0 Å². The van der Waals surface area contributed by atoms with Gasteiger partial charge in [-0.15, -0.1) is 0 Å². The van der Waals surface area contributed by atoms with E-state index in [2.05, 4.69) is 0 Å². The zero-order chi connectivity index (χ0) is 17.3. The van der Waals surface area contributed by atoms with E-state index in [1.807, 2.05) is 24.3 Å². The van der Waals surface area contributed by atoms with E-state index in [0.29, 0.717) is 5.56 Å². The van der Waals surface area contributed by atoms with E-state index in [0.717, 1.165) is 11.1 Å². The van der Waals surface area contributed by atoms with Crippen LogP contribution in [0.2, 0.25) is 0 Å². The van der Waals surface area contributed by atoms with Gasteiger partial charge in [0, 0.05) is 13.0 Å². The van der Waals surface area contributed by atoms with Crippen molar-refractivity contribution in [2.75, 3.05) is 0 Å². The Labute approximate surface area is 139 Å². The Morgan fingerprint density at radius 3 is 2.54 bits per heavy atom. The number of amides is 1. The second-order valence-corrected chi connectivity index (χ2v) is 6.07. The number of carboxylic acid groups (broad SMARTS) is 1. The van der Waals surface area contributed by atoms with Gasteiger partial charge in [-0.25, -0.2) is 9.18 Å². The zero-order valence-electron chi connectivity index (χ0n) is 13.3. The third-order valence-corrected chi connectivity index (χ3v) is 4.54. The van der Waals surface area contributed by atoms with Crippen LogP contribution in [0.5, 0.6) is 0 Å². The van der Waals surface area contributed by atoms with Gasteiger partial charge < -0.3 is 10.0 Å². The van der Waals surface area contributed by atoms with Gasteiger partial charge in [-0.05, 0) is 35.7 Å². The number of nitrogens with zero attached hydrogens (tertiary/aromatic N) is 1.